The second-order valence-electron chi connectivity index (χ2n) is 7.59. The number of H-pyrrole nitrogens is 1. The van der Waals surface area contributed by atoms with Crippen molar-refractivity contribution in [3.63, 3.8) is 0 Å². The minimum atomic E-state index is 0.542. The van der Waals surface area contributed by atoms with Gasteiger partial charge in [0.05, 0.1) is 0 Å². The molecular formula is C22H29N5. The Labute approximate surface area is 161 Å². The van der Waals surface area contributed by atoms with Gasteiger partial charge in [0.25, 0.3) is 0 Å². The molecule has 142 valence electrons. The van der Waals surface area contributed by atoms with Gasteiger partial charge in [-0.3, -0.25) is 0 Å². The van der Waals surface area contributed by atoms with Gasteiger partial charge in [0.15, 0.2) is 0 Å². The lowest BCUT2D eigenvalue weighted by atomic mass is 10.1. The van der Waals surface area contributed by atoms with Gasteiger partial charge in [-0.1, -0.05) is 43.9 Å². The van der Waals surface area contributed by atoms with E-state index in [1.807, 2.05) is 6.92 Å². The highest BCUT2D eigenvalue weighted by atomic mass is 15.1. The Morgan fingerprint density at radius 1 is 1.07 bits per heavy atom. The van der Waals surface area contributed by atoms with Gasteiger partial charge in [0, 0.05) is 41.4 Å². The summed E-state index contributed by atoms with van der Waals surface area (Å²) in [6, 6.07) is 11.0. The number of aromatic nitrogens is 3. The van der Waals surface area contributed by atoms with Crippen LogP contribution in [-0.2, 0) is 6.42 Å². The first-order valence-electron chi connectivity index (χ1n) is 10.2. The maximum atomic E-state index is 4.70. The molecule has 3 aromatic rings. The van der Waals surface area contributed by atoms with Crippen molar-refractivity contribution in [1.82, 2.24) is 15.0 Å². The van der Waals surface area contributed by atoms with Gasteiger partial charge in [-0.05, 0) is 37.8 Å². The van der Waals surface area contributed by atoms with Crippen molar-refractivity contribution < 1.29 is 0 Å². The molecule has 4 rings (SSSR count). The first-order chi connectivity index (χ1) is 13.3. The Morgan fingerprint density at radius 3 is 2.74 bits per heavy atom. The van der Waals surface area contributed by atoms with Crippen molar-refractivity contribution in [2.45, 2.75) is 57.9 Å². The number of anilines is 2. The fourth-order valence-corrected chi connectivity index (χ4v) is 4.00. The average molecular weight is 364 g/mol. The van der Waals surface area contributed by atoms with E-state index in [9.17, 15) is 0 Å². The zero-order chi connectivity index (χ0) is 18.5. The number of fused-ring (bicyclic) bond motifs is 1. The monoisotopic (exact) mass is 363 g/mol. The van der Waals surface area contributed by atoms with Gasteiger partial charge in [0.1, 0.15) is 5.82 Å². The minimum absolute atomic E-state index is 0.542. The maximum absolute atomic E-state index is 4.70. The normalized spacial score (nSPS) is 15.6. The quantitative estimate of drug-likeness (QED) is 0.536. The minimum Gasteiger partial charge on any atom is -0.367 e. The lowest BCUT2D eigenvalue weighted by molar-refractivity contribution is 0.617. The third-order valence-electron chi connectivity index (χ3n) is 5.41. The molecule has 27 heavy (non-hydrogen) atoms. The summed E-state index contributed by atoms with van der Waals surface area (Å²) in [7, 11) is 0. The van der Waals surface area contributed by atoms with E-state index >= 15 is 0 Å². The molecule has 0 saturated heterocycles. The van der Waals surface area contributed by atoms with E-state index in [4.69, 9.17) is 4.98 Å². The molecule has 3 N–H and O–H groups in total. The number of benzene rings is 1. The van der Waals surface area contributed by atoms with E-state index in [1.54, 1.807) is 0 Å². The van der Waals surface area contributed by atoms with Crippen LogP contribution in [0.3, 0.4) is 0 Å². The molecule has 1 aromatic carbocycles. The molecule has 5 nitrogen and oxygen atoms in total. The van der Waals surface area contributed by atoms with Crippen LogP contribution in [0.15, 0.2) is 36.5 Å². The number of para-hydroxylation sites is 1. The molecule has 0 unspecified atom stereocenters. The van der Waals surface area contributed by atoms with Gasteiger partial charge in [-0.15, -0.1) is 0 Å². The molecule has 2 heterocycles. The Kier molecular flexibility index (Phi) is 5.56. The number of nitrogens with zero attached hydrogens (tertiary/aromatic N) is 2. The van der Waals surface area contributed by atoms with E-state index < -0.39 is 0 Å². The molecule has 0 radical (unpaired) electrons. The van der Waals surface area contributed by atoms with Crippen molar-refractivity contribution in [2.75, 3.05) is 17.2 Å². The summed E-state index contributed by atoms with van der Waals surface area (Å²) in [6.07, 6.45) is 10.9. The molecule has 5 heteroatoms. The smallest absolute Gasteiger partial charge is 0.224 e. The first-order valence-corrected chi connectivity index (χ1v) is 10.2. The highest BCUT2D eigenvalue weighted by Crippen LogP contribution is 2.21. The number of hydrogen-bond donors (Lipinski definition) is 3. The molecule has 1 aliphatic carbocycles. The van der Waals surface area contributed by atoms with Crippen molar-refractivity contribution >= 4 is 22.7 Å². The zero-order valence-electron chi connectivity index (χ0n) is 16.1. The highest BCUT2D eigenvalue weighted by Gasteiger charge is 2.13. The summed E-state index contributed by atoms with van der Waals surface area (Å²) < 4.78 is 0. The van der Waals surface area contributed by atoms with Gasteiger partial charge in [0.2, 0.25) is 5.95 Å². The Bertz CT molecular complexity index is 877. The zero-order valence-corrected chi connectivity index (χ0v) is 16.1. The van der Waals surface area contributed by atoms with Crippen LogP contribution in [0, 0.1) is 6.92 Å². The lowest BCUT2D eigenvalue weighted by Gasteiger charge is -2.17. The standard InChI is InChI=1S/C22H29N5/c1-16-14-21(26-18-8-4-2-3-5-9-18)27-22(25-16)23-13-12-17-15-24-20-11-7-6-10-19(17)20/h6-7,10-11,14-15,18,24H,2-5,8-9,12-13H2,1H3,(H2,23,25,26,27). The van der Waals surface area contributed by atoms with E-state index in [2.05, 4.69) is 57.1 Å². The van der Waals surface area contributed by atoms with Crippen molar-refractivity contribution in [2.24, 2.45) is 0 Å². The Morgan fingerprint density at radius 2 is 1.89 bits per heavy atom. The predicted octanol–water partition coefficient (Wildman–Crippen LogP) is 5.06. The second-order valence-corrected chi connectivity index (χ2v) is 7.59. The van der Waals surface area contributed by atoms with Gasteiger partial charge < -0.3 is 15.6 Å². The maximum Gasteiger partial charge on any atom is 0.224 e. The molecule has 1 aliphatic rings. The van der Waals surface area contributed by atoms with Gasteiger partial charge in [-0.2, -0.15) is 4.98 Å². The summed E-state index contributed by atoms with van der Waals surface area (Å²) >= 11 is 0. The van der Waals surface area contributed by atoms with Gasteiger partial charge in [-0.25, -0.2) is 4.98 Å². The number of nitrogens with one attached hydrogen (secondary N) is 3. The van der Waals surface area contributed by atoms with Crippen LogP contribution in [0.1, 0.15) is 49.8 Å². The summed E-state index contributed by atoms with van der Waals surface area (Å²) in [5, 5.41) is 8.33. The SMILES string of the molecule is Cc1cc(NC2CCCCCC2)nc(NCCc2c[nH]c3ccccc23)n1. The van der Waals surface area contributed by atoms with Crippen LogP contribution in [-0.4, -0.2) is 27.5 Å². The number of rotatable bonds is 6. The van der Waals surface area contributed by atoms with Crippen LogP contribution in [0.2, 0.25) is 0 Å². The molecule has 0 spiro atoms. The van der Waals surface area contributed by atoms with Crippen molar-refractivity contribution in [3.05, 3.63) is 47.8 Å². The predicted molar refractivity (Wildman–Crippen MR) is 112 cm³/mol. The van der Waals surface area contributed by atoms with Crippen LogP contribution in [0.4, 0.5) is 11.8 Å². The number of hydrogen-bond acceptors (Lipinski definition) is 4. The van der Waals surface area contributed by atoms with Crippen LogP contribution < -0.4 is 10.6 Å². The topological polar surface area (TPSA) is 65.6 Å². The van der Waals surface area contributed by atoms with Crippen LogP contribution in [0.25, 0.3) is 10.9 Å². The highest BCUT2D eigenvalue weighted by molar-refractivity contribution is 5.83. The molecule has 0 atom stereocenters. The fourth-order valence-electron chi connectivity index (χ4n) is 4.00. The third kappa shape index (κ3) is 4.59. The Balaban J connectivity index is 1.37. The molecule has 0 bridgehead atoms. The van der Waals surface area contributed by atoms with Crippen LogP contribution in [0.5, 0.6) is 0 Å². The average Bonchev–Trinajstić information content (AvgIpc) is 2.89. The molecule has 2 aromatic heterocycles. The number of aromatic amines is 1. The third-order valence-corrected chi connectivity index (χ3v) is 5.41. The van der Waals surface area contributed by atoms with E-state index in [0.29, 0.717) is 12.0 Å². The molecule has 1 saturated carbocycles. The fraction of sp³-hybridized carbons (Fsp3) is 0.455. The Hall–Kier alpha value is -2.56. The molecule has 0 aliphatic heterocycles. The van der Waals surface area contributed by atoms with E-state index in [1.165, 1.54) is 55.0 Å². The van der Waals surface area contributed by atoms with Crippen molar-refractivity contribution in [1.29, 1.82) is 0 Å². The first kappa shape index (κ1) is 17.8. The molecule has 1 fully saturated rings. The summed E-state index contributed by atoms with van der Waals surface area (Å²) in [5.74, 6) is 1.66. The van der Waals surface area contributed by atoms with E-state index in [-0.39, 0.29) is 0 Å². The second kappa shape index (κ2) is 8.42. The summed E-state index contributed by atoms with van der Waals surface area (Å²) in [5.41, 5.74) is 3.51. The molecular weight excluding hydrogens is 334 g/mol. The summed E-state index contributed by atoms with van der Waals surface area (Å²) in [6.45, 7) is 2.85. The lowest BCUT2D eigenvalue weighted by Crippen LogP contribution is -2.20. The van der Waals surface area contributed by atoms with Gasteiger partial charge >= 0.3 is 0 Å². The summed E-state index contributed by atoms with van der Waals surface area (Å²) in [4.78, 5) is 12.6. The van der Waals surface area contributed by atoms with E-state index in [0.717, 1.165) is 24.5 Å². The molecule has 0 amide bonds. The number of aryl methyl sites for hydroxylation is 1. The van der Waals surface area contributed by atoms with Crippen molar-refractivity contribution in [3.8, 4) is 0 Å². The largest absolute Gasteiger partial charge is 0.367 e. The van der Waals surface area contributed by atoms with Crippen LogP contribution >= 0.6 is 0 Å².